The molecule has 1 fully saturated rings. The molecule has 0 aliphatic carbocycles. The first-order valence-corrected chi connectivity index (χ1v) is 4.83. The van der Waals surface area contributed by atoms with E-state index in [-0.39, 0.29) is 12.4 Å². The molecule has 0 spiro atoms. The summed E-state index contributed by atoms with van der Waals surface area (Å²) in [6, 6.07) is 8.16. The van der Waals surface area contributed by atoms with E-state index in [4.69, 9.17) is 15.2 Å². The lowest BCUT2D eigenvalue weighted by atomic mass is 10.1. The highest BCUT2D eigenvalue weighted by atomic mass is 16.7. The first-order chi connectivity index (χ1) is 6.79. The van der Waals surface area contributed by atoms with Crippen molar-refractivity contribution in [3.05, 3.63) is 35.4 Å². The van der Waals surface area contributed by atoms with Gasteiger partial charge in [-0.05, 0) is 6.92 Å². The van der Waals surface area contributed by atoms with E-state index in [2.05, 4.69) is 19.1 Å². The fourth-order valence-electron chi connectivity index (χ4n) is 1.47. The average molecular weight is 193 g/mol. The second kappa shape index (κ2) is 4.09. The minimum Gasteiger partial charge on any atom is -0.346 e. The molecule has 1 aliphatic rings. The summed E-state index contributed by atoms with van der Waals surface area (Å²) < 4.78 is 11.1. The third-order valence-electron chi connectivity index (χ3n) is 2.36. The van der Waals surface area contributed by atoms with Crippen molar-refractivity contribution in [2.24, 2.45) is 5.73 Å². The normalized spacial score (nSPS) is 26.7. The van der Waals surface area contributed by atoms with Gasteiger partial charge in [-0.3, -0.25) is 0 Å². The second-order valence-electron chi connectivity index (χ2n) is 3.57. The van der Waals surface area contributed by atoms with Gasteiger partial charge in [-0.2, -0.15) is 0 Å². The number of nitrogens with two attached hydrogens (primary N) is 1. The zero-order chi connectivity index (χ0) is 9.97. The SMILES string of the molecule is Cc1ccc(C2OCC(CN)O2)cc1. The van der Waals surface area contributed by atoms with Crippen LogP contribution in [0.3, 0.4) is 0 Å². The Balaban J connectivity index is 2.06. The summed E-state index contributed by atoms with van der Waals surface area (Å²) in [5.41, 5.74) is 7.79. The van der Waals surface area contributed by atoms with E-state index in [1.54, 1.807) is 0 Å². The fraction of sp³-hybridized carbons (Fsp3) is 0.455. The maximum atomic E-state index is 5.59. The Morgan fingerprint density at radius 1 is 1.36 bits per heavy atom. The van der Waals surface area contributed by atoms with Gasteiger partial charge in [-0.15, -0.1) is 0 Å². The van der Waals surface area contributed by atoms with E-state index in [0.29, 0.717) is 13.2 Å². The van der Waals surface area contributed by atoms with Crippen LogP contribution in [0.5, 0.6) is 0 Å². The Bertz CT molecular complexity index is 297. The van der Waals surface area contributed by atoms with Crippen molar-refractivity contribution in [3.8, 4) is 0 Å². The van der Waals surface area contributed by atoms with Crippen LogP contribution in [0.1, 0.15) is 17.4 Å². The predicted molar refractivity (Wildman–Crippen MR) is 53.8 cm³/mol. The van der Waals surface area contributed by atoms with Crippen LogP contribution in [0.25, 0.3) is 0 Å². The quantitative estimate of drug-likeness (QED) is 0.771. The van der Waals surface area contributed by atoms with Crippen LogP contribution >= 0.6 is 0 Å². The van der Waals surface area contributed by atoms with Gasteiger partial charge in [0.2, 0.25) is 0 Å². The maximum absolute atomic E-state index is 5.59. The van der Waals surface area contributed by atoms with E-state index in [9.17, 15) is 0 Å². The molecule has 3 heteroatoms. The van der Waals surface area contributed by atoms with Crippen molar-refractivity contribution >= 4 is 0 Å². The molecule has 1 aliphatic heterocycles. The first-order valence-electron chi connectivity index (χ1n) is 4.83. The smallest absolute Gasteiger partial charge is 0.184 e. The third-order valence-corrected chi connectivity index (χ3v) is 2.36. The number of hydrogen-bond acceptors (Lipinski definition) is 3. The molecule has 1 saturated heterocycles. The van der Waals surface area contributed by atoms with Crippen molar-refractivity contribution in [1.82, 2.24) is 0 Å². The van der Waals surface area contributed by atoms with Gasteiger partial charge in [-0.1, -0.05) is 29.8 Å². The zero-order valence-corrected chi connectivity index (χ0v) is 8.27. The van der Waals surface area contributed by atoms with Crippen molar-refractivity contribution in [2.75, 3.05) is 13.2 Å². The van der Waals surface area contributed by atoms with Crippen molar-refractivity contribution in [1.29, 1.82) is 0 Å². The lowest BCUT2D eigenvalue weighted by molar-refractivity contribution is -0.0585. The van der Waals surface area contributed by atoms with Crippen LogP contribution in [0.15, 0.2) is 24.3 Å². The Morgan fingerprint density at radius 2 is 2.07 bits per heavy atom. The molecular formula is C11H15NO2. The van der Waals surface area contributed by atoms with Gasteiger partial charge in [0.1, 0.15) is 0 Å². The first kappa shape index (κ1) is 9.65. The van der Waals surface area contributed by atoms with Crippen LogP contribution in [0.4, 0.5) is 0 Å². The zero-order valence-electron chi connectivity index (χ0n) is 8.27. The van der Waals surface area contributed by atoms with Gasteiger partial charge in [0.05, 0.1) is 12.7 Å². The Morgan fingerprint density at radius 3 is 2.64 bits per heavy atom. The molecule has 1 heterocycles. The molecule has 3 nitrogen and oxygen atoms in total. The van der Waals surface area contributed by atoms with E-state index in [1.165, 1.54) is 5.56 Å². The molecule has 76 valence electrons. The summed E-state index contributed by atoms with van der Waals surface area (Å²) in [4.78, 5) is 0. The summed E-state index contributed by atoms with van der Waals surface area (Å²) in [7, 11) is 0. The van der Waals surface area contributed by atoms with Gasteiger partial charge in [0.25, 0.3) is 0 Å². The summed E-state index contributed by atoms with van der Waals surface area (Å²) >= 11 is 0. The molecule has 2 rings (SSSR count). The molecule has 0 radical (unpaired) electrons. The largest absolute Gasteiger partial charge is 0.346 e. The molecule has 1 aromatic rings. The van der Waals surface area contributed by atoms with Crippen LogP contribution in [-0.4, -0.2) is 19.3 Å². The van der Waals surface area contributed by atoms with Crippen molar-refractivity contribution in [2.45, 2.75) is 19.3 Å². The van der Waals surface area contributed by atoms with Gasteiger partial charge >= 0.3 is 0 Å². The number of ether oxygens (including phenoxy) is 2. The average Bonchev–Trinajstić information content (AvgIpc) is 2.67. The molecule has 2 atom stereocenters. The van der Waals surface area contributed by atoms with Crippen molar-refractivity contribution in [3.63, 3.8) is 0 Å². The molecule has 0 aromatic heterocycles. The Kier molecular flexibility index (Phi) is 2.82. The van der Waals surface area contributed by atoms with Gasteiger partial charge < -0.3 is 15.2 Å². The second-order valence-corrected chi connectivity index (χ2v) is 3.57. The predicted octanol–water partition coefficient (Wildman–Crippen LogP) is 1.37. The molecule has 2 unspecified atom stereocenters. The fourth-order valence-corrected chi connectivity index (χ4v) is 1.47. The molecule has 0 amide bonds. The molecule has 2 N–H and O–H groups in total. The lowest BCUT2D eigenvalue weighted by Gasteiger charge is -2.10. The highest BCUT2D eigenvalue weighted by Gasteiger charge is 2.25. The van der Waals surface area contributed by atoms with Gasteiger partial charge in [0.15, 0.2) is 6.29 Å². The van der Waals surface area contributed by atoms with Crippen LogP contribution in [-0.2, 0) is 9.47 Å². The van der Waals surface area contributed by atoms with Crippen molar-refractivity contribution < 1.29 is 9.47 Å². The monoisotopic (exact) mass is 193 g/mol. The van der Waals surface area contributed by atoms with Crippen LogP contribution < -0.4 is 5.73 Å². The maximum Gasteiger partial charge on any atom is 0.184 e. The number of benzene rings is 1. The van der Waals surface area contributed by atoms with Gasteiger partial charge in [0, 0.05) is 12.1 Å². The minimum atomic E-state index is -0.232. The molecule has 0 saturated carbocycles. The van der Waals surface area contributed by atoms with Crippen LogP contribution in [0.2, 0.25) is 0 Å². The molecule has 1 aromatic carbocycles. The third kappa shape index (κ3) is 1.95. The molecule has 0 bridgehead atoms. The van der Waals surface area contributed by atoms with E-state index >= 15 is 0 Å². The Hall–Kier alpha value is -0.900. The van der Waals surface area contributed by atoms with Crippen LogP contribution in [0, 0.1) is 6.92 Å². The standard InChI is InChI=1S/C11H15NO2/c1-8-2-4-9(5-3-8)11-13-7-10(6-12)14-11/h2-5,10-11H,6-7,12H2,1H3. The highest BCUT2D eigenvalue weighted by Crippen LogP contribution is 2.26. The summed E-state index contributed by atoms with van der Waals surface area (Å²) in [5, 5.41) is 0. The highest BCUT2D eigenvalue weighted by molar-refractivity contribution is 5.22. The number of hydrogen-bond donors (Lipinski definition) is 1. The molecule has 14 heavy (non-hydrogen) atoms. The minimum absolute atomic E-state index is 0.0429. The van der Waals surface area contributed by atoms with E-state index in [1.807, 2.05) is 12.1 Å². The number of aryl methyl sites for hydroxylation is 1. The Labute approximate surface area is 83.8 Å². The topological polar surface area (TPSA) is 44.5 Å². The van der Waals surface area contributed by atoms with E-state index in [0.717, 1.165) is 5.56 Å². The number of rotatable bonds is 2. The summed E-state index contributed by atoms with van der Waals surface area (Å²) in [5.74, 6) is 0. The lowest BCUT2D eigenvalue weighted by Crippen LogP contribution is -2.21. The molecular weight excluding hydrogens is 178 g/mol. The summed E-state index contributed by atoms with van der Waals surface area (Å²) in [6.07, 6.45) is -0.189. The summed E-state index contributed by atoms with van der Waals surface area (Å²) in [6.45, 7) is 3.17. The van der Waals surface area contributed by atoms with Gasteiger partial charge in [-0.25, -0.2) is 0 Å². The van der Waals surface area contributed by atoms with E-state index < -0.39 is 0 Å².